The van der Waals surface area contributed by atoms with Crippen molar-refractivity contribution in [3.8, 4) is 0 Å². The van der Waals surface area contributed by atoms with Gasteiger partial charge in [0.15, 0.2) is 9.84 Å². The molecule has 0 fully saturated rings. The van der Waals surface area contributed by atoms with E-state index in [-0.39, 0.29) is 17.7 Å². The lowest BCUT2D eigenvalue weighted by Gasteiger charge is -2.08. The lowest BCUT2D eigenvalue weighted by molar-refractivity contribution is 0.0187. The Balaban J connectivity index is 2.07. The summed E-state index contributed by atoms with van der Waals surface area (Å²) in [5, 5.41) is 0. The lowest BCUT2D eigenvalue weighted by atomic mass is 9.98. The van der Waals surface area contributed by atoms with Gasteiger partial charge in [-0.15, -0.1) is 0 Å². The van der Waals surface area contributed by atoms with Crippen LogP contribution < -0.4 is 0 Å². The fourth-order valence-corrected chi connectivity index (χ4v) is 3.43. The van der Waals surface area contributed by atoms with Gasteiger partial charge in [-0.3, -0.25) is 4.98 Å². The molecule has 1 aromatic carbocycles. The molecule has 120 valence electrons. The Bertz CT molecular complexity index is 857. The SMILES string of the molecule is CS(=O)(=O)c1ccc(C2=C(c3ccncc3)CC(F)(F)C2)cc1. The fourth-order valence-electron chi connectivity index (χ4n) is 2.80. The van der Waals surface area contributed by atoms with Gasteiger partial charge in [-0.1, -0.05) is 12.1 Å². The van der Waals surface area contributed by atoms with Gasteiger partial charge in [0.05, 0.1) is 4.90 Å². The van der Waals surface area contributed by atoms with Crippen molar-refractivity contribution in [1.82, 2.24) is 4.98 Å². The number of halogens is 2. The molecule has 6 heteroatoms. The fraction of sp³-hybridized carbons (Fsp3) is 0.235. The molecule has 0 unspecified atom stereocenters. The molecule has 1 aliphatic carbocycles. The highest BCUT2D eigenvalue weighted by Crippen LogP contribution is 2.47. The normalized spacial score (nSPS) is 17.5. The van der Waals surface area contributed by atoms with E-state index in [0.29, 0.717) is 16.7 Å². The Morgan fingerprint density at radius 1 is 0.913 bits per heavy atom. The van der Waals surface area contributed by atoms with Gasteiger partial charge < -0.3 is 0 Å². The molecule has 0 radical (unpaired) electrons. The quantitative estimate of drug-likeness (QED) is 0.856. The summed E-state index contributed by atoms with van der Waals surface area (Å²) in [6.45, 7) is 0. The smallest absolute Gasteiger partial charge is 0.256 e. The van der Waals surface area contributed by atoms with Crippen molar-refractivity contribution in [2.45, 2.75) is 23.7 Å². The van der Waals surface area contributed by atoms with Crippen LogP contribution in [0.25, 0.3) is 11.1 Å². The van der Waals surface area contributed by atoms with Gasteiger partial charge in [0.2, 0.25) is 0 Å². The molecule has 0 amide bonds. The molecule has 0 atom stereocenters. The van der Waals surface area contributed by atoms with Crippen LogP contribution in [0.15, 0.2) is 53.7 Å². The first-order valence-corrected chi connectivity index (χ1v) is 8.96. The maximum Gasteiger partial charge on any atom is 0.256 e. The minimum atomic E-state index is -3.30. The Kier molecular flexibility index (Phi) is 3.80. The van der Waals surface area contributed by atoms with Gasteiger partial charge >= 0.3 is 0 Å². The molecule has 0 N–H and O–H groups in total. The molecule has 2 aromatic rings. The first-order valence-electron chi connectivity index (χ1n) is 7.07. The molecule has 1 aliphatic rings. The molecule has 0 aliphatic heterocycles. The van der Waals surface area contributed by atoms with E-state index >= 15 is 0 Å². The van der Waals surface area contributed by atoms with Crippen LogP contribution in [0.1, 0.15) is 24.0 Å². The van der Waals surface area contributed by atoms with Crippen molar-refractivity contribution in [1.29, 1.82) is 0 Å². The van der Waals surface area contributed by atoms with E-state index in [1.165, 1.54) is 12.1 Å². The highest BCUT2D eigenvalue weighted by Gasteiger charge is 2.39. The van der Waals surface area contributed by atoms with E-state index in [2.05, 4.69) is 4.98 Å². The van der Waals surface area contributed by atoms with Crippen LogP contribution in [0.5, 0.6) is 0 Å². The number of aromatic nitrogens is 1. The topological polar surface area (TPSA) is 47.0 Å². The van der Waals surface area contributed by atoms with Gasteiger partial charge in [0.25, 0.3) is 5.92 Å². The molecule has 0 saturated carbocycles. The summed E-state index contributed by atoms with van der Waals surface area (Å²) in [5.41, 5.74) is 2.49. The molecule has 1 heterocycles. The Labute approximate surface area is 133 Å². The molecule has 0 saturated heterocycles. The Morgan fingerprint density at radius 3 is 1.87 bits per heavy atom. The highest BCUT2D eigenvalue weighted by molar-refractivity contribution is 7.90. The van der Waals surface area contributed by atoms with Gasteiger partial charge in [-0.05, 0) is 46.5 Å². The summed E-state index contributed by atoms with van der Waals surface area (Å²) in [6, 6.07) is 9.52. The first kappa shape index (κ1) is 15.8. The first-order chi connectivity index (χ1) is 10.8. The van der Waals surface area contributed by atoms with Crippen molar-refractivity contribution >= 4 is 21.0 Å². The van der Waals surface area contributed by atoms with Crippen LogP contribution >= 0.6 is 0 Å². The average Bonchev–Trinajstić information content (AvgIpc) is 2.83. The van der Waals surface area contributed by atoms with Crippen LogP contribution in [-0.4, -0.2) is 25.6 Å². The number of alkyl halides is 2. The molecular weight excluding hydrogens is 320 g/mol. The zero-order valence-corrected chi connectivity index (χ0v) is 13.3. The summed E-state index contributed by atoms with van der Waals surface area (Å²) >= 11 is 0. The second kappa shape index (κ2) is 5.53. The molecular formula is C17H15F2NO2S. The van der Waals surface area contributed by atoms with Crippen molar-refractivity contribution < 1.29 is 17.2 Å². The number of nitrogens with zero attached hydrogens (tertiary/aromatic N) is 1. The van der Waals surface area contributed by atoms with E-state index in [1.54, 1.807) is 36.7 Å². The molecule has 1 aromatic heterocycles. The number of hydrogen-bond acceptors (Lipinski definition) is 3. The van der Waals surface area contributed by atoms with E-state index in [1.807, 2.05) is 0 Å². The van der Waals surface area contributed by atoms with E-state index in [9.17, 15) is 17.2 Å². The van der Waals surface area contributed by atoms with E-state index < -0.39 is 15.8 Å². The predicted octanol–water partition coefficient (Wildman–Crippen LogP) is 3.83. The standard InChI is InChI=1S/C17H15F2NO2S/c1-23(21,22)14-4-2-12(3-5-14)15-10-17(18,19)11-16(15)13-6-8-20-9-7-13/h2-9H,10-11H2,1H3. The number of pyridine rings is 1. The van der Waals surface area contributed by atoms with Crippen LogP contribution in [0.2, 0.25) is 0 Å². The van der Waals surface area contributed by atoms with Gasteiger partial charge in [-0.2, -0.15) is 0 Å². The molecule has 0 bridgehead atoms. The maximum atomic E-state index is 13.9. The molecule has 3 nitrogen and oxygen atoms in total. The minimum Gasteiger partial charge on any atom is -0.265 e. The number of rotatable bonds is 3. The van der Waals surface area contributed by atoms with Gasteiger partial charge in [-0.25, -0.2) is 17.2 Å². The third-order valence-electron chi connectivity index (χ3n) is 3.89. The van der Waals surface area contributed by atoms with Crippen LogP contribution in [-0.2, 0) is 9.84 Å². The van der Waals surface area contributed by atoms with Crippen molar-refractivity contribution in [2.75, 3.05) is 6.26 Å². The highest BCUT2D eigenvalue weighted by atomic mass is 32.2. The van der Waals surface area contributed by atoms with Crippen molar-refractivity contribution in [3.05, 3.63) is 59.9 Å². The van der Waals surface area contributed by atoms with Crippen LogP contribution in [0.3, 0.4) is 0 Å². The van der Waals surface area contributed by atoms with Crippen LogP contribution in [0, 0.1) is 0 Å². The Hall–Kier alpha value is -2.08. The lowest BCUT2D eigenvalue weighted by Crippen LogP contribution is -2.10. The largest absolute Gasteiger partial charge is 0.265 e. The average molecular weight is 335 g/mol. The van der Waals surface area contributed by atoms with Gasteiger partial charge in [0.1, 0.15) is 0 Å². The monoisotopic (exact) mass is 335 g/mol. The summed E-state index contributed by atoms with van der Waals surface area (Å²) in [7, 11) is -3.30. The van der Waals surface area contributed by atoms with E-state index in [4.69, 9.17) is 0 Å². The Morgan fingerprint density at radius 2 is 1.39 bits per heavy atom. The van der Waals surface area contributed by atoms with Crippen molar-refractivity contribution in [3.63, 3.8) is 0 Å². The van der Waals surface area contributed by atoms with Gasteiger partial charge in [0, 0.05) is 31.5 Å². The second-order valence-electron chi connectivity index (χ2n) is 5.70. The molecule has 3 rings (SSSR count). The van der Waals surface area contributed by atoms with E-state index in [0.717, 1.165) is 11.8 Å². The number of benzene rings is 1. The third-order valence-corrected chi connectivity index (χ3v) is 5.02. The zero-order chi connectivity index (χ0) is 16.7. The summed E-state index contributed by atoms with van der Waals surface area (Å²) in [4.78, 5) is 4.09. The predicted molar refractivity (Wildman–Crippen MR) is 84.8 cm³/mol. The second-order valence-corrected chi connectivity index (χ2v) is 7.71. The molecule has 0 spiro atoms. The third kappa shape index (κ3) is 3.32. The maximum absolute atomic E-state index is 13.9. The minimum absolute atomic E-state index is 0.178. The summed E-state index contributed by atoms with van der Waals surface area (Å²) in [6.07, 6.45) is 3.60. The number of allylic oxidation sites excluding steroid dienone is 2. The van der Waals surface area contributed by atoms with Crippen molar-refractivity contribution in [2.24, 2.45) is 0 Å². The molecule has 23 heavy (non-hydrogen) atoms. The number of hydrogen-bond donors (Lipinski definition) is 0. The summed E-state index contributed by atoms with van der Waals surface area (Å²) in [5.74, 6) is -2.79. The summed E-state index contributed by atoms with van der Waals surface area (Å²) < 4.78 is 50.9. The zero-order valence-electron chi connectivity index (χ0n) is 12.5. The number of sulfone groups is 1. The van der Waals surface area contributed by atoms with Crippen LogP contribution in [0.4, 0.5) is 8.78 Å².